The van der Waals surface area contributed by atoms with Crippen LogP contribution >= 0.6 is 0 Å². The zero-order chi connectivity index (χ0) is 14.9. The number of hydrogen-bond acceptors (Lipinski definition) is 6. The van der Waals surface area contributed by atoms with E-state index >= 15 is 0 Å². The summed E-state index contributed by atoms with van der Waals surface area (Å²) in [5.41, 5.74) is 2.39. The summed E-state index contributed by atoms with van der Waals surface area (Å²) >= 11 is 0. The molecule has 1 aromatic rings. The lowest BCUT2D eigenvalue weighted by Gasteiger charge is -2.33. The largest absolute Gasteiger partial charge is 0.308 e. The Balaban J connectivity index is 1.64. The van der Waals surface area contributed by atoms with E-state index in [2.05, 4.69) is 15.3 Å². The van der Waals surface area contributed by atoms with E-state index in [1.807, 2.05) is 0 Å². The van der Waals surface area contributed by atoms with E-state index in [1.165, 1.54) is 25.1 Å². The Bertz CT molecular complexity index is 577. The number of aromatic nitrogens is 1. The molecule has 1 aromatic heterocycles. The number of piperazine rings is 1. The van der Waals surface area contributed by atoms with Gasteiger partial charge < -0.3 is 10.3 Å². The SMILES string of the molecule is NNc1ccc(S(=O)(=O)N2CCN(CC3CC3)CC2)cn1. The maximum Gasteiger partial charge on any atom is 0.244 e. The summed E-state index contributed by atoms with van der Waals surface area (Å²) < 4.78 is 26.6. The number of rotatable bonds is 5. The highest BCUT2D eigenvalue weighted by Gasteiger charge is 2.31. The summed E-state index contributed by atoms with van der Waals surface area (Å²) in [4.78, 5) is 6.55. The molecular weight excluding hydrogens is 290 g/mol. The molecule has 8 heteroatoms. The number of pyridine rings is 1. The highest BCUT2D eigenvalue weighted by atomic mass is 32.2. The van der Waals surface area contributed by atoms with Crippen molar-refractivity contribution >= 4 is 15.8 Å². The molecule has 0 bridgehead atoms. The second kappa shape index (κ2) is 5.88. The van der Waals surface area contributed by atoms with Crippen molar-refractivity contribution in [3.63, 3.8) is 0 Å². The average molecular weight is 311 g/mol. The summed E-state index contributed by atoms with van der Waals surface area (Å²) in [5.74, 6) is 6.52. The minimum absolute atomic E-state index is 0.220. The Morgan fingerprint density at radius 3 is 2.48 bits per heavy atom. The first kappa shape index (κ1) is 14.7. The first-order valence-corrected chi connectivity index (χ1v) is 8.69. The van der Waals surface area contributed by atoms with Crippen LogP contribution in [0.15, 0.2) is 23.2 Å². The van der Waals surface area contributed by atoms with Gasteiger partial charge in [-0.2, -0.15) is 4.31 Å². The summed E-state index contributed by atoms with van der Waals surface area (Å²) in [5, 5.41) is 0. The van der Waals surface area contributed by atoms with Crippen molar-refractivity contribution in [3.05, 3.63) is 18.3 Å². The fraction of sp³-hybridized carbons (Fsp3) is 0.615. The van der Waals surface area contributed by atoms with E-state index in [-0.39, 0.29) is 4.90 Å². The topological polar surface area (TPSA) is 91.6 Å². The van der Waals surface area contributed by atoms with E-state index in [0.29, 0.717) is 18.9 Å². The number of nitrogens with two attached hydrogens (primary N) is 1. The Morgan fingerprint density at radius 1 is 1.24 bits per heavy atom. The summed E-state index contributed by atoms with van der Waals surface area (Å²) in [7, 11) is -3.45. The van der Waals surface area contributed by atoms with Crippen molar-refractivity contribution in [2.24, 2.45) is 11.8 Å². The Kier molecular flexibility index (Phi) is 4.12. The Labute approximate surface area is 125 Å². The molecule has 0 radical (unpaired) electrons. The normalized spacial score (nSPS) is 21.4. The number of hydrazine groups is 1. The van der Waals surface area contributed by atoms with Gasteiger partial charge in [0.15, 0.2) is 0 Å². The number of nitrogens with zero attached hydrogens (tertiary/aromatic N) is 3. The van der Waals surface area contributed by atoms with Crippen LogP contribution in [0.2, 0.25) is 0 Å². The van der Waals surface area contributed by atoms with E-state index in [4.69, 9.17) is 5.84 Å². The molecule has 3 N–H and O–H groups in total. The van der Waals surface area contributed by atoms with E-state index in [1.54, 1.807) is 10.4 Å². The van der Waals surface area contributed by atoms with Crippen molar-refractivity contribution < 1.29 is 8.42 Å². The molecule has 21 heavy (non-hydrogen) atoms. The second-order valence-corrected chi connectivity index (χ2v) is 7.61. The Hall–Kier alpha value is -1.22. The molecule has 0 atom stereocenters. The molecule has 3 rings (SSSR count). The smallest absolute Gasteiger partial charge is 0.244 e. The molecule has 116 valence electrons. The molecule has 0 aromatic carbocycles. The predicted octanol–water partition coefficient (Wildman–Crippen LogP) is 0.0835. The molecule has 2 heterocycles. The molecule has 1 aliphatic heterocycles. The van der Waals surface area contributed by atoms with E-state index in [9.17, 15) is 8.42 Å². The van der Waals surface area contributed by atoms with Crippen LogP contribution in [0, 0.1) is 5.92 Å². The van der Waals surface area contributed by atoms with Crippen molar-refractivity contribution in [2.75, 3.05) is 38.1 Å². The van der Waals surface area contributed by atoms with E-state index < -0.39 is 10.0 Å². The van der Waals surface area contributed by atoms with Crippen LogP contribution in [0.25, 0.3) is 0 Å². The fourth-order valence-corrected chi connectivity index (χ4v) is 3.95. The molecule has 2 aliphatic rings. The van der Waals surface area contributed by atoms with Crippen LogP contribution < -0.4 is 11.3 Å². The molecule has 0 unspecified atom stereocenters. The van der Waals surface area contributed by atoms with Gasteiger partial charge in [-0.1, -0.05) is 0 Å². The number of nitrogen functional groups attached to an aromatic ring is 1. The lowest BCUT2D eigenvalue weighted by atomic mass is 10.3. The Morgan fingerprint density at radius 2 is 1.95 bits per heavy atom. The van der Waals surface area contributed by atoms with Gasteiger partial charge in [0, 0.05) is 38.9 Å². The van der Waals surface area contributed by atoms with Gasteiger partial charge in [0.2, 0.25) is 10.0 Å². The van der Waals surface area contributed by atoms with Crippen LogP contribution in [-0.2, 0) is 10.0 Å². The number of anilines is 1. The third kappa shape index (κ3) is 3.34. The fourth-order valence-electron chi connectivity index (χ4n) is 2.59. The monoisotopic (exact) mass is 311 g/mol. The lowest BCUT2D eigenvalue weighted by molar-refractivity contribution is 0.182. The van der Waals surface area contributed by atoms with Gasteiger partial charge in [0.25, 0.3) is 0 Å². The first-order valence-electron chi connectivity index (χ1n) is 7.25. The summed E-state index contributed by atoms with van der Waals surface area (Å²) in [6, 6.07) is 3.10. The van der Waals surface area contributed by atoms with Crippen molar-refractivity contribution in [1.29, 1.82) is 0 Å². The van der Waals surface area contributed by atoms with Crippen molar-refractivity contribution in [1.82, 2.24) is 14.2 Å². The average Bonchev–Trinajstić information content (AvgIpc) is 3.32. The number of sulfonamides is 1. The van der Waals surface area contributed by atoms with E-state index in [0.717, 1.165) is 25.6 Å². The molecule has 1 saturated carbocycles. The third-order valence-electron chi connectivity index (χ3n) is 4.07. The van der Waals surface area contributed by atoms with Gasteiger partial charge in [-0.3, -0.25) is 0 Å². The lowest BCUT2D eigenvalue weighted by Crippen LogP contribution is -2.49. The first-order chi connectivity index (χ1) is 10.1. The second-order valence-electron chi connectivity index (χ2n) is 5.67. The van der Waals surface area contributed by atoms with Crippen molar-refractivity contribution in [3.8, 4) is 0 Å². The standard InChI is InChI=1S/C13H21N5O2S/c14-16-13-4-3-12(9-15-13)21(19,20)18-7-5-17(6-8-18)10-11-1-2-11/h3-4,9,11H,1-2,5-8,10,14H2,(H,15,16). The van der Waals surface area contributed by atoms with Crippen LogP contribution in [-0.4, -0.2) is 55.3 Å². The predicted molar refractivity (Wildman–Crippen MR) is 80.0 cm³/mol. The number of nitrogens with one attached hydrogen (secondary N) is 1. The minimum Gasteiger partial charge on any atom is -0.308 e. The molecule has 7 nitrogen and oxygen atoms in total. The number of hydrogen-bond donors (Lipinski definition) is 2. The quantitative estimate of drug-likeness (QED) is 0.591. The zero-order valence-electron chi connectivity index (χ0n) is 11.9. The molecule has 0 amide bonds. The van der Waals surface area contributed by atoms with Crippen molar-refractivity contribution in [2.45, 2.75) is 17.7 Å². The zero-order valence-corrected chi connectivity index (χ0v) is 12.7. The van der Waals surface area contributed by atoms with Gasteiger partial charge >= 0.3 is 0 Å². The van der Waals surface area contributed by atoms with Crippen LogP contribution in [0.5, 0.6) is 0 Å². The third-order valence-corrected chi connectivity index (χ3v) is 5.95. The minimum atomic E-state index is -3.45. The molecule has 1 aliphatic carbocycles. The molecule has 0 spiro atoms. The van der Waals surface area contributed by atoms with Gasteiger partial charge in [0.05, 0.1) is 0 Å². The van der Waals surface area contributed by atoms with Gasteiger partial charge in [-0.15, -0.1) is 0 Å². The summed E-state index contributed by atoms with van der Waals surface area (Å²) in [6.45, 7) is 3.83. The van der Waals surface area contributed by atoms with Crippen LogP contribution in [0.3, 0.4) is 0 Å². The maximum atomic E-state index is 12.5. The van der Waals surface area contributed by atoms with Crippen LogP contribution in [0.1, 0.15) is 12.8 Å². The highest BCUT2D eigenvalue weighted by molar-refractivity contribution is 7.89. The molecular formula is C13H21N5O2S. The van der Waals surface area contributed by atoms with Gasteiger partial charge in [0.1, 0.15) is 10.7 Å². The van der Waals surface area contributed by atoms with Gasteiger partial charge in [-0.25, -0.2) is 19.2 Å². The maximum absolute atomic E-state index is 12.5. The highest BCUT2D eigenvalue weighted by Crippen LogP contribution is 2.30. The summed E-state index contributed by atoms with van der Waals surface area (Å²) in [6.07, 6.45) is 4.00. The molecule has 1 saturated heterocycles. The van der Waals surface area contributed by atoms with Gasteiger partial charge in [-0.05, 0) is 30.9 Å². The molecule has 2 fully saturated rings. The van der Waals surface area contributed by atoms with Crippen LogP contribution in [0.4, 0.5) is 5.82 Å².